The Labute approximate surface area is 120 Å². The average Bonchev–Trinajstić information content (AvgIpc) is 1.84. The molecule has 0 heterocycles. The maximum atomic E-state index is 13.1. The van der Waals surface area contributed by atoms with Crippen molar-refractivity contribution in [2.75, 3.05) is 0 Å². The van der Waals surface area contributed by atoms with Crippen LogP contribution in [0.3, 0.4) is 0 Å². The van der Waals surface area contributed by atoms with Crippen LogP contribution in [-0.4, -0.2) is 31.3 Å². The molecule has 0 aliphatic carbocycles. The van der Waals surface area contributed by atoms with E-state index in [1.54, 1.807) is 0 Å². The number of rotatable bonds is 2. The predicted octanol–water partition coefficient (Wildman–Crippen LogP) is 4.36. The fraction of sp³-hybridized carbons (Fsp3) is 1.00. The lowest BCUT2D eigenvalue weighted by atomic mass is 9.90. The third-order valence-corrected chi connectivity index (χ3v) is 6.09. The van der Waals surface area contributed by atoms with Gasteiger partial charge in [0.15, 0.2) is 20.3 Å². The van der Waals surface area contributed by atoms with E-state index in [2.05, 4.69) is 0 Å². The highest BCUT2D eigenvalue weighted by atomic mass is 32.2. The molecule has 0 aliphatic heterocycles. The van der Waals surface area contributed by atoms with Crippen molar-refractivity contribution in [1.29, 1.82) is 0 Å². The van der Waals surface area contributed by atoms with Gasteiger partial charge in [0, 0.05) is 0 Å². The molecule has 2 unspecified atom stereocenters. The summed E-state index contributed by atoms with van der Waals surface area (Å²) in [7, 11) is -5.54. The molecule has 128 valence electrons. The first-order valence-electron chi connectivity index (χ1n) is 6.09. The van der Waals surface area contributed by atoms with E-state index in [0.29, 0.717) is 0 Å². The van der Waals surface area contributed by atoms with Gasteiger partial charge >= 0.3 is 12.4 Å². The third kappa shape index (κ3) is 4.75. The van der Waals surface area contributed by atoms with Gasteiger partial charge in [-0.25, -0.2) is 8.42 Å². The molecule has 0 aromatic heterocycles. The van der Waals surface area contributed by atoms with Crippen molar-refractivity contribution in [1.82, 2.24) is 0 Å². The van der Waals surface area contributed by atoms with Crippen LogP contribution < -0.4 is 0 Å². The number of alkyl halides is 6. The van der Waals surface area contributed by atoms with E-state index >= 15 is 0 Å². The summed E-state index contributed by atoms with van der Waals surface area (Å²) in [6.07, 6.45) is -10.6. The maximum Gasteiger partial charge on any atom is 0.406 e. The van der Waals surface area contributed by atoms with Gasteiger partial charge in [-0.1, -0.05) is 41.5 Å². The zero-order valence-electron chi connectivity index (χ0n) is 12.6. The zero-order chi connectivity index (χ0) is 17.7. The van der Waals surface area contributed by atoms with Gasteiger partial charge < -0.3 is 0 Å². The van der Waals surface area contributed by atoms with Gasteiger partial charge in [0.2, 0.25) is 0 Å². The van der Waals surface area contributed by atoms with Gasteiger partial charge in [0.1, 0.15) is 0 Å². The van der Waals surface area contributed by atoms with Gasteiger partial charge in [0.25, 0.3) is 0 Å². The van der Waals surface area contributed by atoms with E-state index in [1.807, 2.05) is 0 Å². The van der Waals surface area contributed by atoms with Crippen molar-refractivity contribution >= 4 is 9.84 Å². The minimum atomic E-state index is -5.54. The van der Waals surface area contributed by atoms with Crippen molar-refractivity contribution in [2.45, 2.75) is 64.4 Å². The van der Waals surface area contributed by atoms with Crippen molar-refractivity contribution in [3.8, 4) is 0 Å². The van der Waals surface area contributed by atoms with Crippen molar-refractivity contribution in [3.05, 3.63) is 0 Å². The summed E-state index contributed by atoms with van der Waals surface area (Å²) in [6, 6.07) is 0. The van der Waals surface area contributed by atoms with E-state index in [-0.39, 0.29) is 0 Å². The largest absolute Gasteiger partial charge is 0.406 e. The molecule has 2 nitrogen and oxygen atoms in total. The summed E-state index contributed by atoms with van der Waals surface area (Å²) in [5.41, 5.74) is -3.82. The molecule has 0 saturated carbocycles. The van der Waals surface area contributed by atoms with Crippen LogP contribution in [0.15, 0.2) is 0 Å². The Kier molecular flexibility index (Phi) is 5.19. The molecule has 0 bridgehead atoms. The number of hydrogen-bond acceptors (Lipinski definition) is 2. The summed E-state index contributed by atoms with van der Waals surface area (Å²) < 4.78 is 103. The Morgan fingerprint density at radius 3 is 0.905 bits per heavy atom. The summed E-state index contributed by atoms with van der Waals surface area (Å²) in [4.78, 5) is 0. The topological polar surface area (TPSA) is 34.1 Å². The number of halogens is 6. The van der Waals surface area contributed by atoms with Gasteiger partial charge in [0.05, 0.1) is 0 Å². The lowest BCUT2D eigenvalue weighted by Crippen LogP contribution is -2.57. The summed E-state index contributed by atoms with van der Waals surface area (Å²) in [5, 5.41) is -6.19. The Hall–Kier alpha value is -0.470. The Morgan fingerprint density at radius 2 is 0.810 bits per heavy atom. The molecule has 21 heavy (non-hydrogen) atoms. The zero-order valence-corrected chi connectivity index (χ0v) is 13.5. The lowest BCUT2D eigenvalue weighted by molar-refractivity contribution is -0.157. The van der Waals surface area contributed by atoms with E-state index in [0.717, 1.165) is 41.5 Å². The second-order valence-corrected chi connectivity index (χ2v) is 9.29. The summed E-state index contributed by atoms with van der Waals surface area (Å²) in [6.45, 7) is 5.74. The van der Waals surface area contributed by atoms with Crippen LogP contribution >= 0.6 is 0 Å². The minimum Gasteiger partial charge on any atom is -0.228 e. The molecule has 0 amide bonds. The normalized spacial score (nSPS) is 18.5. The highest BCUT2D eigenvalue weighted by molar-refractivity contribution is 7.92. The first kappa shape index (κ1) is 20.5. The van der Waals surface area contributed by atoms with Gasteiger partial charge in [-0.3, -0.25) is 0 Å². The van der Waals surface area contributed by atoms with E-state index in [1.165, 1.54) is 0 Å². The molecule has 0 saturated heterocycles. The summed E-state index contributed by atoms with van der Waals surface area (Å²) in [5.74, 6) is 0. The van der Waals surface area contributed by atoms with Crippen LogP contribution in [0.5, 0.6) is 0 Å². The van der Waals surface area contributed by atoms with E-state index in [4.69, 9.17) is 0 Å². The van der Waals surface area contributed by atoms with E-state index in [9.17, 15) is 34.8 Å². The maximum absolute atomic E-state index is 13.1. The smallest absolute Gasteiger partial charge is 0.228 e. The van der Waals surface area contributed by atoms with Gasteiger partial charge in [-0.2, -0.15) is 26.3 Å². The molecule has 0 N–H and O–H groups in total. The highest BCUT2D eigenvalue weighted by Crippen LogP contribution is 2.47. The number of hydrogen-bond donors (Lipinski definition) is 0. The highest BCUT2D eigenvalue weighted by Gasteiger charge is 2.64. The quantitative estimate of drug-likeness (QED) is 0.699. The Morgan fingerprint density at radius 1 is 0.619 bits per heavy atom. The second-order valence-electron chi connectivity index (χ2n) is 7.16. The molecular weight excluding hydrogens is 322 g/mol. The van der Waals surface area contributed by atoms with Crippen molar-refractivity contribution in [3.63, 3.8) is 0 Å². The molecule has 0 aromatic carbocycles. The molecular formula is C12H20F6O2S. The molecule has 9 heteroatoms. The summed E-state index contributed by atoms with van der Waals surface area (Å²) >= 11 is 0. The van der Waals surface area contributed by atoms with Gasteiger partial charge in [-0.15, -0.1) is 0 Å². The fourth-order valence-electron chi connectivity index (χ4n) is 2.48. The van der Waals surface area contributed by atoms with Crippen LogP contribution in [-0.2, 0) is 9.84 Å². The fourth-order valence-corrected chi connectivity index (χ4v) is 5.46. The Bertz CT molecular complexity index is 396. The van der Waals surface area contributed by atoms with Crippen molar-refractivity contribution in [2.24, 2.45) is 10.8 Å². The monoisotopic (exact) mass is 342 g/mol. The third-order valence-electron chi connectivity index (χ3n) is 2.82. The molecule has 0 rings (SSSR count). The molecule has 2 atom stereocenters. The molecule has 0 radical (unpaired) electrons. The number of sulfone groups is 1. The molecule has 0 spiro atoms. The van der Waals surface area contributed by atoms with Crippen LogP contribution in [0.1, 0.15) is 41.5 Å². The average molecular weight is 342 g/mol. The first-order chi connectivity index (χ1) is 8.73. The standard InChI is InChI=1S/C12H20F6O2S/c1-9(2,3)7(11(13,14)15)21(19,20)8(10(4,5)6)12(16,17)18/h7-8H,1-6H3. The van der Waals surface area contributed by atoms with Gasteiger partial charge in [-0.05, 0) is 10.8 Å². The van der Waals surface area contributed by atoms with Crippen LogP contribution in [0.4, 0.5) is 26.3 Å². The predicted molar refractivity (Wildman–Crippen MR) is 67.5 cm³/mol. The van der Waals surface area contributed by atoms with Crippen LogP contribution in [0.2, 0.25) is 0 Å². The second kappa shape index (κ2) is 5.31. The van der Waals surface area contributed by atoms with Crippen LogP contribution in [0.25, 0.3) is 0 Å². The Balaban J connectivity index is 6.37. The minimum absolute atomic E-state index is 0.957. The molecule has 0 aromatic rings. The molecule has 0 aliphatic rings. The molecule has 0 fully saturated rings. The lowest BCUT2D eigenvalue weighted by Gasteiger charge is -2.39. The van der Waals surface area contributed by atoms with Crippen LogP contribution in [0, 0.1) is 10.8 Å². The first-order valence-corrected chi connectivity index (χ1v) is 7.70. The SMILES string of the molecule is CC(C)(C)C(C(F)(F)F)S(=O)(=O)C(C(C)(C)C)C(F)(F)F. The van der Waals surface area contributed by atoms with Crippen molar-refractivity contribution < 1.29 is 34.8 Å². The van der Waals surface area contributed by atoms with E-state index < -0.39 is 43.5 Å².